The summed E-state index contributed by atoms with van der Waals surface area (Å²) in [7, 11) is 12.6. The maximum absolute atomic E-state index is 7.69. The lowest BCUT2D eigenvalue weighted by Crippen LogP contribution is -2.32. The number of aromatic nitrogens is 18. The molecule has 28 rings (SSSR count). The number of rotatable bonds is 8. The number of hydrogen-bond donors (Lipinski definition) is 0. The van der Waals surface area contributed by atoms with Crippen molar-refractivity contribution in [3.8, 4) is 113 Å². The van der Waals surface area contributed by atoms with Crippen LogP contribution in [0.3, 0.4) is 0 Å². The van der Waals surface area contributed by atoms with Crippen molar-refractivity contribution in [2.45, 2.75) is 101 Å². The molecule has 6 aliphatic rings. The van der Waals surface area contributed by atoms with Crippen molar-refractivity contribution in [1.82, 2.24) is 57.3 Å². The lowest BCUT2D eigenvalue weighted by atomic mass is 9.96. The van der Waals surface area contributed by atoms with E-state index in [1.807, 2.05) is 70.1 Å². The smallest absolute Gasteiger partial charge is 0.241 e. The van der Waals surface area contributed by atoms with Gasteiger partial charge in [0.2, 0.25) is 45.2 Å². The molecular formula is C125H114N18+6. The predicted octanol–water partition coefficient (Wildman–Crippen LogP) is 22.6. The first kappa shape index (κ1) is 82.9. The Hall–Kier alpha value is -17.1. The highest BCUT2D eigenvalue weighted by Crippen LogP contribution is 2.44. The van der Waals surface area contributed by atoms with Crippen LogP contribution in [0, 0.1) is 62.2 Å². The summed E-state index contributed by atoms with van der Waals surface area (Å²) in [6.07, 6.45) is 38.0. The SMILES string of the molecule is Cc1ccc(-c2c3c(cc[n+]2C)Cc2nccn2-3)c(C)c1.Cc1ccc(-c2ccccc2)cc1-c1c2c(cc[n+]1C)Cc1nccn1-2.Cc1ccc(-c2ccccc2)cc1-c1c2nc3n(c2c2ccccc2[n+]1C)C=CC3.Cc1ccccc1-c1c2c(cc[n+]1C)Cc1nccn1-2.[2H]C([2H])([2H])c1ccc(-c2c3c(cc[n+]2C)Cc2nccn2-3)c(C)c1.[2H]C([2H])([2H])c1ccc(-c2c3nc4n(c3c3ccccc3[n+]2C)C=CC4)c(C)c1. The summed E-state index contributed by atoms with van der Waals surface area (Å²) in [5, 5.41) is 2.40. The third-order valence-electron chi connectivity index (χ3n) is 29.2. The molecule has 0 radical (unpaired) electrons. The second kappa shape index (κ2) is 36.6. The van der Waals surface area contributed by atoms with Gasteiger partial charge in [-0.3, -0.25) is 18.3 Å². The van der Waals surface area contributed by atoms with Gasteiger partial charge in [-0.15, -0.1) is 0 Å². The Labute approximate surface area is 842 Å². The molecule has 698 valence electrons. The quantitative estimate of drug-likeness (QED) is 0.139. The lowest BCUT2D eigenvalue weighted by Gasteiger charge is -2.12. The zero-order chi connectivity index (χ0) is 103. The number of allylic oxidation sites excluding steroid dienone is 2. The number of pyridine rings is 6. The van der Waals surface area contributed by atoms with Gasteiger partial charge in [0, 0.05) is 145 Å². The Bertz CT molecular complexity index is 9240. The molecule has 0 saturated heterocycles. The van der Waals surface area contributed by atoms with Crippen molar-refractivity contribution in [2.75, 3.05) is 0 Å². The molecule has 0 atom stereocenters. The summed E-state index contributed by atoms with van der Waals surface area (Å²) in [6, 6.07) is 86.4. The third kappa shape index (κ3) is 15.9. The molecule has 18 nitrogen and oxygen atoms in total. The number of para-hydroxylation sites is 2. The van der Waals surface area contributed by atoms with Crippen LogP contribution < -0.4 is 27.4 Å². The van der Waals surface area contributed by atoms with Crippen molar-refractivity contribution in [2.24, 2.45) is 42.3 Å². The second-order valence-corrected chi connectivity index (χ2v) is 38.4. The third-order valence-corrected chi connectivity index (χ3v) is 29.2. The zero-order valence-electron chi connectivity index (χ0n) is 88.7. The van der Waals surface area contributed by atoms with Crippen LogP contribution in [0.4, 0.5) is 0 Å². The molecule has 143 heavy (non-hydrogen) atoms. The van der Waals surface area contributed by atoms with Crippen LogP contribution >= 0.6 is 0 Å². The molecule has 0 unspecified atom stereocenters. The minimum Gasteiger partial charge on any atom is -0.302 e. The molecule has 10 aromatic carbocycles. The molecule has 22 aromatic rings. The highest BCUT2D eigenvalue weighted by Gasteiger charge is 2.37. The minimum absolute atomic E-state index is 0.365. The topological polar surface area (TPSA) is 130 Å². The van der Waals surface area contributed by atoms with Gasteiger partial charge >= 0.3 is 0 Å². The maximum Gasteiger partial charge on any atom is 0.241 e. The summed E-state index contributed by atoms with van der Waals surface area (Å²) >= 11 is 0. The first-order valence-electron chi connectivity index (χ1n) is 51.9. The van der Waals surface area contributed by atoms with Crippen molar-refractivity contribution in [1.29, 1.82) is 0 Å². The summed E-state index contributed by atoms with van der Waals surface area (Å²) < 4.78 is 72.3. The number of nitrogens with zero attached hydrogens (tertiary/aromatic N) is 18. The molecule has 0 aliphatic carbocycles. The van der Waals surface area contributed by atoms with E-state index in [1.165, 1.54) is 151 Å². The first-order chi connectivity index (χ1) is 72.1. The molecule has 6 aliphatic heterocycles. The summed E-state index contributed by atoms with van der Waals surface area (Å²) in [6.45, 7) is 10.6. The normalized spacial score (nSPS) is 13.3. The number of hydrogen-bond acceptors (Lipinski definition) is 6. The van der Waals surface area contributed by atoms with Gasteiger partial charge in [0.15, 0.2) is 35.8 Å². The fourth-order valence-corrected chi connectivity index (χ4v) is 22.2. The van der Waals surface area contributed by atoms with Crippen LogP contribution in [0.1, 0.15) is 115 Å². The highest BCUT2D eigenvalue weighted by molar-refractivity contribution is 6.08. The summed E-state index contributed by atoms with van der Waals surface area (Å²) in [5.74, 6) is 6.55. The van der Waals surface area contributed by atoms with E-state index in [4.69, 9.17) is 18.2 Å². The molecule has 0 saturated carbocycles. The fraction of sp³-hybridized carbons (Fsp3) is 0.168. The van der Waals surface area contributed by atoms with Crippen LogP contribution in [-0.2, 0) is 80.8 Å². The molecule has 18 heteroatoms. The van der Waals surface area contributed by atoms with E-state index >= 15 is 0 Å². The molecule has 0 amide bonds. The van der Waals surface area contributed by atoms with E-state index in [0.717, 1.165) is 140 Å². The monoisotopic (exact) mass is 1870 g/mol. The first-order valence-corrected chi connectivity index (χ1v) is 48.9. The Kier molecular flexibility index (Phi) is 21.2. The van der Waals surface area contributed by atoms with Gasteiger partial charge in [0.1, 0.15) is 100.0 Å². The van der Waals surface area contributed by atoms with E-state index in [9.17, 15) is 0 Å². The number of aryl methyl sites for hydroxylation is 15. The highest BCUT2D eigenvalue weighted by atomic mass is 15.2. The molecule has 0 bridgehead atoms. The summed E-state index contributed by atoms with van der Waals surface area (Å²) in [5.41, 5.74) is 45.1. The largest absolute Gasteiger partial charge is 0.302 e. The van der Waals surface area contributed by atoms with E-state index < -0.39 is 13.7 Å². The van der Waals surface area contributed by atoms with Crippen molar-refractivity contribution in [3.63, 3.8) is 0 Å². The van der Waals surface area contributed by atoms with Crippen LogP contribution in [0.5, 0.6) is 0 Å². The van der Waals surface area contributed by atoms with Crippen LogP contribution in [0.2, 0.25) is 0 Å². The second-order valence-electron chi connectivity index (χ2n) is 38.4. The van der Waals surface area contributed by atoms with Crippen LogP contribution in [0.25, 0.3) is 169 Å². The Morgan fingerprint density at radius 2 is 0.601 bits per heavy atom. The molecule has 12 aromatic heterocycles. The van der Waals surface area contributed by atoms with Gasteiger partial charge < -0.3 is 9.13 Å². The average Bonchev–Trinajstić information content (AvgIpc) is 1.58. The van der Waals surface area contributed by atoms with Crippen molar-refractivity contribution < 1.29 is 35.6 Å². The predicted molar refractivity (Wildman–Crippen MR) is 571 cm³/mol. The molecule has 0 spiro atoms. The van der Waals surface area contributed by atoms with E-state index in [1.54, 1.807) is 24.3 Å². The zero-order valence-corrected chi connectivity index (χ0v) is 82.7. The molecule has 0 fully saturated rings. The molecule has 18 heterocycles. The van der Waals surface area contributed by atoms with Gasteiger partial charge in [-0.1, -0.05) is 193 Å². The van der Waals surface area contributed by atoms with E-state index in [-0.39, 0.29) is 0 Å². The minimum atomic E-state index is -2.11. The number of fused-ring (bicyclic) bond motifs is 22. The van der Waals surface area contributed by atoms with Gasteiger partial charge in [-0.05, 0) is 189 Å². The van der Waals surface area contributed by atoms with E-state index in [0.29, 0.717) is 11.1 Å². The van der Waals surface area contributed by atoms with Crippen LogP contribution in [0.15, 0.2) is 335 Å². The number of imidazole rings is 6. The van der Waals surface area contributed by atoms with E-state index in [2.05, 4.69) is 419 Å². The maximum atomic E-state index is 7.69. The van der Waals surface area contributed by atoms with Crippen molar-refractivity contribution in [3.05, 3.63) is 443 Å². The number of benzene rings is 10. The fourth-order valence-electron chi connectivity index (χ4n) is 22.2. The van der Waals surface area contributed by atoms with Crippen molar-refractivity contribution >= 4 is 56.3 Å². The van der Waals surface area contributed by atoms with Gasteiger partial charge in [-0.25, -0.2) is 29.9 Å². The Morgan fingerprint density at radius 1 is 0.280 bits per heavy atom. The van der Waals surface area contributed by atoms with Crippen LogP contribution in [-0.4, -0.2) is 57.3 Å². The lowest BCUT2D eigenvalue weighted by molar-refractivity contribution is -0.660. The van der Waals surface area contributed by atoms with Gasteiger partial charge in [-0.2, -0.15) is 27.4 Å². The standard InChI is InChI=1S/C27H22N3.C23H20N3.C22H20N3.2C18H18N3.C17H16N3/c1-18-14-15-20(19-9-4-3-5-10-19)17-22(18)26-25-27(30-16-8-13-24(30)28-25)21-11-6-7-12-23(21)29(26)2;1-16-8-9-18(17-6-4-3-5-7-17)14-20(16)23-22-19(10-12-25(23)2)15-21-24-11-13-26(21)22;1-14-10-11-16(15(2)13-14)21-20-22(25-12-6-9-19(25)23-20)17-7-4-5-8-18(17)24(21)3;2*1-12-4-5-15(13(2)10-12)18-17-14(6-8-20(18)3)11-16-19-7-9-21(16)17;1-12-5-3-4-6-14(12)17-16-13(7-9-19(17)2)11-15-18-8-10-20(15)16/h3-12,14-17H,13H2,1-2H3;3-14H,15H2,1-2H3;4-8,10-13H,9H2,1-3H3;2*4-10H,11H2,1-3H3;3-10H,11H2,1-2H3/q6*+1/i;;2*1D3;;. The molecular weight excluding hydrogens is 1750 g/mol. The Balaban J connectivity index is 0.0000000986. The molecule has 0 N–H and O–H groups in total. The summed E-state index contributed by atoms with van der Waals surface area (Å²) in [4.78, 5) is 27.9. The van der Waals surface area contributed by atoms with Gasteiger partial charge in [0.05, 0.1) is 55.2 Å². The van der Waals surface area contributed by atoms with Gasteiger partial charge in [0.25, 0.3) is 0 Å². The Morgan fingerprint density at radius 3 is 0.986 bits per heavy atom. The average molecular weight is 1870 g/mol.